The molecule has 9 nitrogen and oxygen atoms in total. The van der Waals surface area contributed by atoms with Crippen LogP contribution in [0.2, 0.25) is 0 Å². The molecule has 3 atom stereocenters. The van der Waals surface area contributed by atoms with Gasteiger partial charge in [-0.1, -0.05) is 112 Å². The molecule has 0 aliphatic rings. The summed E-state index contributed by atoms with van der Waals surface area (Å²) in [5.41, 5.74) is 0. The molecule has 38 heavy (non-hydrogen) atoms. The predicted molar refractivity (Wildman–Crippen MR) is 149 cm³/mol. The second-order valence-electron chi connectivity index (χ2n) is 8.54. The molecule has 0 heterocycles. The maximum atomic E-state index is 11.8. The number of unbranched alkanes of at least 4 members (excludes halogenated alkanes) is 7. The van der Waals surface area contributed by atoms with Gasteiger partial charge in [-0.25, -0.2) is 4.79 Å². The summed E-state index contributed by atoms with van der Waals surface area (Å²) in [6.45, 7) is 0.0381. The molecule has 2 unspecified atom stereocenters. The predicted octanol–water partition coefficient (Wildman–Crippen LogP) is 4.24. The van der Waals surface area contributed by atoms with Crippen LogP contribution in [0.4, 0.5) is 0 Å². The Bertz CT molecular complexity index is 824. The summed E-state index contributed by atoms with van der Waals surface area (Å²) in [5, 5.41) is 27.7. The Morgan fingerprint density at radius 2 is 1.32 bits per heavy atom. The molecule has 0 saturated carbocycles. The molecular weight excluding hydrogens is 511 g/mol. The molecule has 0 amide bonds. The van der Waals surface area contributed by atoms with Crippen molar-refractivity contribution in [3.63, 3.8) is 0 Å². The van der Waals surface area contributed by atoms with Crippen LogP contribution in [-0.4, -0.2) is 68.9 Å². The molecular formula is C28H45O9P. The second-order valence-corrected chi connectivity index (χ2v) is 10.2. The van der Waals surface area contributed by atoms with Crippen LogP contribution in [0, 0.1) is 0 Å². The van der Waals surface area contributed by atoms with Crippen molar-refractivity contribution >= 4 is 13.6 Å². The number of carbonyl (C=O) groups excluding carboxylic acids is 1. The third-order valence-corrected chi connectivity index (χ3v) is 6.29. The molecule has 5 N–H and O–H groups in total. The van der Waals surface area contributed by atoms with Gasteiger partial charge in [0, 0.05) is 6.08 Å². The normalized spacial score (nSPS) is 15.6. The minimum Gasteiger partial charge on any atom is -0.454 e. The summed E-state index contributed by atoms with van der Waals surface area (Å²) in [5.74, 6) is -2.81. The Kier molecular flexibility index (Phi) is 22.7. The first-order chi connectivity index (χ1) is 18.3. The van der Waals surface area contributed by atoms with Gasteiger partial charge in [0.05, 0.1) is 19.8 Å². The van der Waals surface area contributed by atoms with Gasteiger partial charge in [0.15, 0.2) is 5.85 Å². The first kappa shape index (κ1) is 35.9. The first-order valence-corrected chi connectivity index (χ1v) is 14.7. The standard InChI is InChI=1S/C28H45O9P/c1-2-3-4-5-6-7-8-9-10-11-12-13-14-15-16-17-18-19-20-21-27(32)37-25(22-29)24-36-28(26(31)23-30)38(33,34)35/h10-21,25-26,28-31H,2-9,22-24H2,1H3,(H2,33,34,35)/t25-,26?,28?/m0/s1. The highest BCUT2D eigenvalue weighted by molar-refractivity contribution is 7.52. The Hall–Kier alpha value is -2.10. The van der Waals surface area contributed by atoms with E-state index in [1.54, 1.807) is 18.2 Å². The number of ether oxygens (including phenoxy) is 2. The van der Waals surface area contributed by atoms with E-state index in [-0.39, 0.29) is 0 Å². The number of aliphatic hydroxyl groups excluding tert-OH is 3. The maximum Gasteiger partial charge on any atom is 0.356 e. The zero-order valence-corrected chi connectivity index (χ0v) is 23.1. The fraction of sp³-hybridized carbons (Fsp3) is 0.536. The van der Waals surface area contributed by atoms with Gasteiger partial charge in [-0.05, 0) is 12.8 Å². The fourth-order valence-electron chi connectivity index (χ4n) is 3.10. The van der Waals surface area contributed by atoms with Crippen LogP contribution in [0.15, 0.2) is 72.9 Å². The molecule has 0 bridgehead atoms. The Balaban J connectivity index is 4.20. The highest BCUT2D eigenvalue weighted by Crippen LogP contribution is 2.43. The van der Waals surface area contributed by atoms with Gasteiger partial charge in [0.2, 0.25) is 0 Å². The number of carbonyl (C=O) groups is 1. The lowest BCUT2D eigenvalue weighted by Gasteiger charge is -2.24. The van der Waals surface area contributed by atoms with Crippen LogP contribution in [0.3, 0.4) is 0 Å². The van der Waals surface area contributed by atoms with Crippen molar-refractivity contribution in [3.8, 4) is 0 Å². The van der Waals surface area contributed by atoms with E-state index < -0.39 is 51.4 Å². The molecule has 10 heteroatoms. The van der Waals surface area contributed by atoms with E-state index in [0.29, 0.717) is 0 Å². The van der Waals surface area contributed by atoms with Crippen LogP contribution in [0.25, 0.3) is 0 Å². The number of hydrogen-bond acceptors (Lipinski definition) is 7. The second kappa shape index (κ2) is 24.0. The molecule has 0 aromatic rings. The SMILES string of the molecule is CCCCCCCCCC=CC=CC=CC=CC=CC=CC(=O)O[C@@H](CO)COC(C(O)CO)P(=O)(O)O. The summed E-state index contributed by atoms with van der Waals surface area (Å²) in [6.07, 6.45) is 28.6. The minimum absolute atomic E-state index is 0.586. The molecule has 0 fully saturated rings. The van der Waals surface area contributed by atoms with Crippen LogP contribution >= 0.6 is 7.60 Å². The van der Waals surface area contributed by atoms with Crippen LogP contribution in [-0.2, 0) is 18.8 Å². The summed E-state index contributed by atoms with van der Waals surface area (Å²) in [4.78, 5) is 30.2. The van der Waals surface area contributed by atoms with Crippen LogP contribution < -0.4 is 0 Å². The Morgan fingerprint density at radius 1 is 0.789 bits per heavy atom. The largest absolute Gasteiger partial charge is 0.454 e. The number of aliphatic hydroxyl groups is 3. The summed E-state index contributed by atoms with van der Waals surface area (Å²) in [7, 11) is -4.89. The number of rotatable bonds is 22. The van der Waals surface area contributed by atoms with Crippen molar-refractivity contribution in [1.82, 2.24) is 0 Å². The van der Waals surface area contributed by atoms with E-state index in [9.17, 15) is 29.4 Å². The zero-order valence-electron chi connectivity index (χ0n) is 22.3. The molecule has 0 aliphatic heterocycles. The van der Waals surface area contributed by atoms with Crippen molar-refractivity contribution in [2.45, 2.75) is 76.3 Å². The third kappa shape index (κ3) is 20.9. The van der Waals surface area contributed by atoms with E-state index in [4.69, 9.17) is 14.6 Å². The third-order valence-electron chi connectivity index (χ3n) is 5.13. The summed E-state index contributed by atoms with van der Waals surface area (Å²) >= 11 is 0. The maximum absolute atomic E-state index is 11.8. The lowest BCUT2D eigenvalue weighted by atomic mass is 10.1. The molecule has 0 aromatic heterocycles. The molecule has 216 valence electrons. The Labute approximate surface area is 226 Å². The summed E-state index contributed by atoms with van der Waals surface area (Å²) in [6, 6.07) is 0. The average Bonchev–Trinajstić information content (AvgIpc) is 2.88. The van der Waals surface area contributed by atoms with Crippen LogP contribution in [0.1, 0.15) is 58.3 Å². The zero-order chi connectivity index (χ0) is 28.5. The van der Waals surface area contributed by atoms with Crippen LogP contribution in [0.5, 0.6) is 0 Å². The molecule has 0 aliphatic carbocycles. The van der Waals surface area contributed by atoms with Gasteiger partial charge in [-0.15, -0.1) is 0 Å². The van der Waals surface area contributed by atoms with Gasteiger partial charge in [-0.2, -0.15) is 0 Å². The van der Waals surface area contributed by atoms with Crippen molar-refractivity contribution in [1.29, 1.82) is 0 Å². The minimum atomic E-state index is -4.89. The highest BCUT2D eigenvalue weighted by atomic mass is 31.2. The van der Waals surface area contributed by atoms with E-state index >= 15 is 0 Å². The monoisotopic (exact) mass is 556 g/mol. The quantitative estimate of drug-likeness (QED) is 0.0433. The van der Waals surface area contributed by atoms with Gasteiger partial charge in [0.25, 0.3) is 0 Å². The molecule has 0 saturated heterocycles. The molecule has 0 radical (unpaired) electrons. The van der Waals surface area contributed by atoms with E-state index in [1.807, 2.05) is 30.4 Å². The number of hydrogen-bond donors (Lipinski definition) is 5. The fourth-order valence-corrected chi connectivity index (χ4v) is 3.92. The number of esters is 1. The van der Waals surface area contributed by atoms with E-state index in [0.717, 1.165) is 12.5 Å². The average molecular weight is 557 g/mol. The van der Waals surface area contributed by atoms with Crippen molar-refractivity contribution in [2.75, 3.05) is 19.8 Å². The number of allylic oxidation sites excluding steroid dienone is 11. The highest BCUT2D eigenvalue weighted by Gasteiger charge is 2.37. The first-order valence-electron chi connectivity index (χ1n) is 13.0. The van der Waals surface area contributed by atoms with E-state index in [1.165, 1.54) is 51.0 Å². The molecule has 0 rings (SSSR count). The smallest absolute Gasteiger partial charge is 0.356 e. The van der Waals surface area contributed by atoms with Gasteiger partial charge in [-0.3, -0.25) is 4.57 Å². The van der Waals surface area contributed by atoms with Crippen molar-refractivity contribution in [3.05, 3.63) is 72.9 Å². The lowest BCUT2D eigenvalue weighted by molar-refractivity contribution is -0.150. The van der Waals surface area contributed by atoms with Gasteiger partial charge >= 0.3 is 13.6 Å². The van der Waals surface area contributed by atoms with Crippen molar-refractivity contribution < 1.29 is 43.9 Å². The summed E-state index contributed by atoms with van der Waals surface area (Å²) < 4.78 is 21.2. The van der Waals surface area contributed by atoms with Crippen molar-refractivity contribution in [2.24, 2.45) is 0 Å². The molecule has 0 aromatic carbocycles. The molecule has 0 spiro atoms. The Morgan fingerprint density at radius 3 is 1.84 bits per heavy atom. The van der Waals surface area contributed by atoms with Gasteiger partial charge < -0.3 is 34.6 Å². The van der Waals surface area contributed by atoms with E-state index in [2.05, 4.69) is 19.1 Å². The van der Waals surface area contributed by atoms with Gasteiger partial charge in [0.1, 0.15) is 12.2 Å². The lowest BCUT2D eigenvalue weighted by Crippen LogP contribution is -2.36. The topological polar surface area (TPSA) is 154 Å².